The number of rotatable bonds is 4. The van der Waals surface area contributed by atoms with Gasteiger partial charge in [0.05, 0.1) is 16.9 Å². The van der Waals surface area contributed by atoms with E-state index in [1.807, 2.05) is 24.7 Å². The Kier molecular flexibility index (Phi) is 4.19. The van der Waals surface area contributed by atoms with E-state index in [9.17, 15) is 8.42 Å². The lowest BCUT2D eigenvalue weighted by atomic mass is 10.3. The van der Waals surface area contributed by atoms with Crippen molar-refractivity contribution in [3.63, 3.8) is 0 Å². The Hall–Kier alpha value is -2.38. The van der Waals surface area contributed by atoms with Gasteiger partial charge in [-0.1, -0.05) is 18.2 Å². The predicted molar refractivity (Wildman–Crippen MR) is 94.4 cm³/mol. The molecule has 0 N–H and O–H groups in total. The zero-order valence-electron chi connectivity index (χ0n) is 13.8. The van der Waals surface area contributed by atoms with E-state index in [-0.39, 0.29) is 0 Å². The summed E-state index contributed by atoms with van der Waals surface area (Å²) in [5, 5.41) is 0. The Bertz CT molecular complexity index is 960. The van der Waals surface area contributed by atoms with Gasteiger partial charge >= 0.3 is 0 Å². The van der Waals surface area contributed by atoms with Crippen molar-refractivity contribution in [1.82, 2.24) is 18.4 Å². The number of aromatic nitrogens is 3. The van der Waals surface area contributed by atoms with Gasteiger partial charge in [-0.3, -0.25) is 4.90 Å². The summed E-state index contributed by atoms with van der Waals surface area (Å²) in [7, 11) is -3.56. The standard InChI is InChI=1S/C18H20N4O2S/c23-25(24,18-7-2-1-3-8-18)22-11-4-6-16(22)13-20-9-5-10-21-15-19-12-17(21)14-20/h1-4,6-8,11-12,15H,5,9-10,13-14H2. The van der Waals surface area contributed by atoms with Gasteiger partial charge in [-0.25, -0.2) is 17.4 Å². The van der Waals surface area contributed by atoms with E-state index in [1.54, 1.807) is 36.5 Å². The first-order valence-electron chi connectivity index (χ1n) is 8.33. The summed E-state index contributed by atoms with van der Waals surface area (Å²) in [6, 6.07) is 12.2. The predicted octanol–water partition coefficient (Wildman–Crippen LogP) is 2.33. The fourth-order valence-electron chi connectivity index (χ4n) is 3.28. The Morgan fingerprint density at radius 2 is 1.88 bits per heavy atom. The number of hydrogen-bond acceptors (Lipinski definition) is 4. The SMILES string of the molecule is O=S(=O)(c1ccccc1)n1cccc1CN1CCCn2cncc2C1. The summed E-state index contributed by atoms with van der Waals surface area (Å²) >= 11 is 0. The van der Waals surface area contributed by atoms with Crippen molar-refractivity contribution in [2.75, 3.05) is 6.54 Å². The van der Waals surface area contributed by atoms with Crippen LogP contribution in [0.4, 0.5) is 0 Å². The molecule has 0 amide bonds. The maximum absolute atomic E-state index is 12.9. The van der Waals surface area contributed by atoms with Crippen molar-refractivity contribution in [2.45, 2.75) is 31.0 Å². The van der Waals surface area contributed by atoms with Crippen molar-refractivity contribution in [3.05, 3.63) is 72.6 Å². The van der Waals surface area contributed by atoms with Gasteiger partial charge in [0, 0.05) is 44.3 Å². The molecule has 1 aliphatic heterocycles. The number of aryl methyl sites for hydroxylation is 1. The van der Waals surface area contributed by atoms with E-state index in [0.717, 1.165) is 31.7 Å². The molecule has 0 saturated heterocycles. The van der Waals surface area contributed by atoms with Gasteiger partial charge in [0.25, 0.3) is 10.0 Å². The van der Waals surface area contributed by atoms with Gasteiger partial charge in [0.1, 0.15) is 0 Å². The molecule has 1 aromatic carbocycles. The van der Waals surface area contributed by atoms with Crippen LogP contribution in [0.1, 0.15) is 17.8 Å². The lowest BCUT2D eigenvalue weighted by Gasteiger charge is -2.20. The Balaban J connectivity index is 1.60. The Morgan fingerprint density at radius 1 is 1.04 bits per heavy atom. The highest BCUT2D eigenvalue weighted by Crippen LogP contribution is 2.19. The Labute approximate surface area is 147 Å². The summed E-state index contributed by atoms with van der Waals surface area (Å²) in [6.45, 7) is 3.24. The molecule has 1 aliphatic rings. The largest absolute Gasteiger partial charge is 0.333 e. The topological polar surface area (TPSA) is 60.1 Å². The fourth-order valence-corrected chi connectivity index (χ4v) is 4.67. The molecule has 0 atom stereocenters. The molecule has 2 aromatic heterocycles. The smallest absolute Gasteiger partial charge is 0.267 e. The maximum Gasteiger partial charge on any atom is 0.267 e. The van der Waals surface area contributed by atoms with Crippen LogP contribution in [0.15, 0.2) is 66.1 Å². The molecule has 0 radical (unpaired) electrons. The Morgan fingerprint density at radius 3 is 2.72 bits per heavy atom. The first-order valence-corrected chi connectivity index (χ1v) is 9.77. The molecule has 7 heteroatoms. The molecule has 0 aliphatic carbocycles. The summed E-state index contributed by atoms with van der Waals surface area (Å²) in [5.41, 5.74) is 1.94. The molecular weight excluding hydrogens is 336 g/mol. The third-order valence-electron chi connectivity index (χ3n) is 4.54. The summed E-state index contributed by atoms with van der Waals surface area (Å²) in [6.07, 6.45) is 6.40. The summed E-state index contributed by atoms with van der Waals surface area (Å²) < 4.78 is 29.4. The molecular formula is C18H20N4O2S. The molecule has 0 fully saturated rings. The maximum atomic E-state index is 12.9. The van der Waals surface area contributed by atoms with Gasteiger partial charge in [-0.05, 0) is 30.7 Å². The van der Waals surface area contributed by atoms with Crippen molar-refractivity contribution < 1.29 is 8.42 Å². The molecule has 3 heterocycles. The zero-order valence-corrected chi connectivity index (χ0v) is 14.6. The minimum absolute atomic E-state index is 0.307. The van der Waals surface area contributed by atoms with Gasteiger partial charge in [0.2, 0.25) is 0 Å². The van der Waals surface area contributed by atoms with E-state index < -0.39 is 10.0 Å². The molecule has 0 spiro atoms. The van der Waals surface area contributed by atoms with Crippen molar-refractivity contribution >= 4 is 10.0 Å². The molecule has 25 heavy (non-hydrogen) atoms. The molecule has 0 unspecified atom stereocenters. The highest BCUT2D eigenvalue weighted by Gasteiger charge is 2.21. The number of fused-ring (bicyclic) bond motifs is 1. The van der Waals surface area contributed by atoms with E-state index in [1.165, 1.54) is 9.67 Å². The first kappa shape index (κ1) is 16.1. The van der Waals surface area contributed by atoms with Gasteiger partial charge < -0.3 is 4.57 Å². The monoisotopic (exact) mass is 356 g/mol. The van der Waals surface area contributed by atoms with E-state index in [4.69, 9.17) is 0 Å². The van der Waals surface area contributed by atoms with Crippen LogP contribution >= 0.6 is 0 Å². The van der Waals surface area contributed by atoms with Gasteiger partial charge in [-0.15, -0.1) is 0 Å². The highest BCUT2D eigenvalue weighted by atomic mass is 32.2. The molecule has 4 rings (SSSR count). The third-order valence-corrected chi connectivity index (χ3v) is 6.28. The van der Waals surface area contributed by atoms with Gasteiger partial charge in [0.15, 0.2) is 0 Å². The van der Waals surface area contributed by atoms with Gasteiger partial charge in [-0.2, -0.15) is 0 Å². The molecule has 130 valence electrons. The second-order valence-electron chi connectivity index (χ2n) is 6.26. The normalized spacial score (nSPS) is 15.7. The first-order chi connectivity index (χ1) is 12.1. The lowest BCUT2D eigenvalue weighted by Crippen LogP contribution is -2.25. The van der Waals surface area contributed by atoms with Crippen molar-refractivity contribution in [3.8, 4) is 0 Å². The van der Waals surface area contributed by atoms with Crippen LogP contribution in [0, 0.1) is 0 Å². The fraction of sp³-hybridized carbons (Fsp3) is 0.278. The zero-order chi connectivity index (χ0) is 17.3. The molecule has 3 aromatic rings. The van der Waals surface area contributed by atoms with Crippen molar-refractivity contribution in [2.24, 2.45) is 0 Å². The average Bonchev–Trinajstić information content (AvgIpc) is 3.22. The van der Waals surface area contributed by atoms with Crippen LogP contribution < -0.4 is 0 Å². The summed E-state index contributed by atoms with van der Waals surface area (Å²) in [5.74, 6) is 0. The third kappa shape index (κ3) is 3.12. The van der Waals surface area contributed by atoms with Crippen LogP contribution in [0.5, 0.6) is 0 Å². The van der Waals surface area contributed by atoms with Crippen LogP contribution in [-0.4, -0.2) is 33.4 Å². The highest BCUT2D eigenvalue weighted by molar-refractivity contribution is 7.90. The van der Waals surface area contributed by atoms with Crippen LogP contribution in [0.2, 0.25) is 0 Å². The molecule has 0 bridgehead atoms. The minimum Gasteiger partial charge on any atom is -0.333 e. The van der Waals surface area contributed by atoms with Crippen LogP contribution in [-0.2, 0) is 29.7 Å². The van der Waals surface area contributed by atoms with E-state index >= 15 is 0 Å². The number of nitrogens with zero attached hydrogens (tertiary/aromatic N) is 4. The minimum atomic E-state index is -3.56. The number of benzene rings is 1. The second kappa shape index (κ2) is 6.50. The van der Waals surface area contributed by atoms with Crippen LogP contribution in [0.25, 0.3) is 0 Å². The average molecular weight is 356 g/mol. The molecule has 6 nitrogen and oxygen atoms in total. The van der Waals surface area contributed by atoms with E-state index in [2.05, 4.69) is 14.5 Å². The van der Waals surface area contributed by atoms with Crippen molar-refractivity contribution in [1.29, 1.82) is 0 Å². The van der Waals surface area contributed by atoms with E-state index in [0.29, 0.717) is 11.4 Å². The number of hydrogen-bond donors (Lipinski definition) is 0. The second-order valence-corrected chi connectivity index (χ2v) is 8.07. The quantitative estimate of drug-likeness (QED) is 0.720. The van der Waals surface area contributed by atoms with Crippen LogP contribution in [0.3, 0.4) is 0 Å². The number of imidazole rings is 1. The summed E-state index contributed by atoms with van der Waals surface area (Å²) in [4.78, 5) is 6.79. The molecule has 0 saturated carbocycles. The lowest BCUT2D eigenvalue weighted by molar-refractivity contribution is 0.257.